The van der Waals surface area contributed by atoms with Gasteiger partial charge in [-0.2, -0.15) is 5.10 Å². The first-order valence-electron chi connectivity index (χ1n) is 5.44. The third kappa shape index (κ3) is 5.87. The molecule has 0 unspecified atom stereocenters. The lowest BCUT2D eigenvalue weighted by atomic mass is 10.2. The van der Waals surface area contributed by atoms with Crippen molar-refractivity contribution >= 4 is 35.0 Å². The third-order valence-electron chi connectivity index (χ3n) is 2.07. The fourth-order valence-corrected chi connectivity index (χ4v) is 1.32. The first-order valence-corrected chi connectivity index (χ1v) is 5.81. The highest BCUT2D eigenvalue weighted by Gasteiger charge is 2.05. The molecule has 1 aromatic rings. The van der Waals surface area contributed by atoms with Crippen molar-refractivity contribution in [3.63, 3.8) is 0 Å². The summed E-state index contributed by atoms with van der Waals surface area (Å²) < 4.78 is 4.34. The van der Waals surface area contributed by atoms with Crippen LogP contribution >= 0.6 is 11.6 Å². The van der Waals surface area contributed by atoms with Crippen LogP contribution in [-0.2, 0) is 9.53 Å². The van der Waals surface area contributed by atoms with Crippen LogP contribution in [0.25, 0.3) is 0 Å². The fourth-order valence-electron chi connectivity index (χ4n) is 1.20. The molecular formula is C12H14ClN3O3. The first kappa shape index (κ1) is 15.0. The molecule has 19 heavy (non-hydrogen) atoms. The van der Waals surface area contributed by atoms with E-state index < -0.39 is 6.09 Å². The molecule has 0 aromatic heterocycles. The van der Waals surface area contributed by atoms with Crippen LogP contribution < -0.4 is 10.7 Å². The Hall–Kier alpha value is -2.08. The van der Waals surface area contributed by atoms with Gasteiger partial charge in [0.2, 0.25) is 5.91 Å². The van der Waals surface area contributed by atoms with E-state index in [1.807, 2.05) is 0 Å². The maximum atomic E-state index is 11.7. The van der Waals surface area contributed by atoms with E-state index in [2.05, 4.69) is 20.6 Å². The van der Waals surface area contributed by atoms with Crippen molar-refractivity contribution in [1.82, 2.24) is 5.43 Å². The van der Waals surface area contributed by atoms with Crippen molar-refractivity contribution in [1.29, 1.82) is 0 Å². The van der Waals surface area contributed by atoms with Gasteiger partial charge in [0.25, 0.3) is 0 Å². The van der Waals surface area contributed by atoms with E-state index in [1.165, 1.54) is 7.11 Å². The van der Waals surface area contributed by atoms with E-state index in [0.29, 0.717) is 16.4 Å². The van der Waals surface area contributed by atoms with Gasteiger partial charge >= 0.3 is 6.09 Å². The first-order chi connectivity index (χ1) is 9.01. The standard InChI is InChI=1S/C12H14ClN3O3/c1-8(15-16-12(18)19-2)7-11(17)14-10-5-3-9(13)4-6-10/h3-6H,7H2,1-2H3,(H,14,17)(H,16,18)/b15-8-. The molecule has 0 spiro atoms. The topological polar surface area (TPSA) is 79.8 Å². The fraction of sp³-hybridized carbons (Fsp3) is 0.250. The van der Waals surface area contributed by atoms with Crippen LogP contribution in [0.5, 0.6) is 0 Å². The Morgan fingerprint density at radius 3 is 2.53 bits per heavy atom. The minimum Gasteiger partial charge on any atom is -0.452 e. The van der Waals surface area contributed by atoms with Gasteiger partial charge in [-0.15, -0.1) is 0 Å². The maximum absolute atomic E-state index is 11.7. The molecule has 0 bridgehead atoms. The summed E-state index contributed by atoms with van der Waals surface area (Å²) in [6.07, 6.45) is -0.621. The van der Waals surface area contributed by atoms with Crippen LogP contribution in [0.4, 0.5) is 10.5 Å². The summed E-state index contributed by atoms with van der Waals surface area (Å²) in [4.78, 5) is 22.4. The second kappa shape index (κ2) is 7.38. The molecule has 0 aliphatic heterocycles. The summed E-state index contributed by atoms with van der Waals surface area (Å²) in [7, 11) is 1.23. The van der Waals surface area contributed by atoms with E-state index in [0.717, 1.165) is 0 Å². The number of methoxy groups -OCH3 is 1. The molecule has 2 N–H and O–H groups in total. The van der Waals surface area contributed by atoms with Crippen LogP contribution in [0, 0.1) is 0 Å². The minimum absolute atomic E-state index is 0.0621. The molecule has 0 saturated carbocycles. The van der Waals surface area contributed by atoms with Gasteiger partial charge < -0.3 is 10.1 Å². The van der Waals surface area contributed by atoms with Gasteiger partial charge in [0.05, 0.1) is 13.5 Å². The van der Waals surface area contributed by atoms with Crippen molar-refractivity contribution in [3.05, 3.63) is 29.3 Å². The van der Waals surface area contributed by atoms with E-state index in [1.54, 1.807) is 31.2 Å². The predicted octanol–water partition coefficient (Wildman–Crippen LogP) is 2.40. The number of ether oxygens (including phenoxy) is 1. The predicted molar refractivity (Wildman–Crippen MR) is 73.3 cm³/mol. The second-order valence-electron chi connectivity index (χ2n) is 3.68. The SMILES string of the molecule is COC(=O)N/N=C(/C)CC(=O)Nc1ccc(Cl)cc1. The van der Waals surface area contributed by atoms with E-state index in [9.17, 15) is 9.59 Å². The van der Waals surface area contributed by atoms with Crippen molar-refractivity contribution in [3.8, 4) is 0 Å². The van der Waals surface area contributed by atoms with Crippen LogP contribution in [0.2, 0.25) is 5.02 Å². The molecule has 102 valence electrons. The molecule has 0 heterocycles. The average Bonchev–Trinajstić information content (AvgIpc) is 2.38. The monoisotopic (exact) mass is 283 g/mol. The van der Waals surface area contributed by atoms with E-state index in [-0.39, 0.29) is 12.3 Å². The summed E-state index contributed by atoms with van der Waals surface area (Å²) in [5.41, 5.74) is 3.24. The van der Waals surface area contributed by atoms with Gasteiger partial charge in [-0.1, -0.05) is 11.6 Å². The molecule has 0 saturated heterocycles. The quantitative estimate of drug-likeness (QED) is 0.658. The molecule has 1 rings (SSSR count). The highest BCUT2D eigenvalue weighted by Crippen LogP contribution is 2.13. The van der Waals surface area contributed by atoms with Gasteiger partial charge in [0.15, 0.2) is 0 Å². The molecule has 0 radical (unpaired) electrons. The summed E-state index contributed by atoms with van der Waals surface area (Å²) in [6, 6.07) is 6.74. The number of carbonyl (C=O) groups is 2. The van der Waals surface area contributed by atoms with Crippen LogP contribution in [0.3, 0.4) is 0 Å². The van der Waals surface area contributed by atoms with E-state index >= 15 is 0 Å². The molecule has 0 aliphatic rings. The zero-order valence-corrected chi connectivity index (χ0v) is 11.3. The molecule has 1 aromatic carbocycles. The van der Waals surface area contributed by atoms with Crippen LogP contribution in [0.15, 0.2) is 29.4 Å². The average molecular weight is 284 g/mol. The van der Waals surface area contributed by atoms with Crippen molar-refractivity contribution in [2.45, 2.75) is 13.3 Å². The molecule has 2 amide bonds. The van der Waals surface area contributed by atoms with Gasteiger partial charge in [-0.3, -0.25) is 4.79 Å². The van der Waals surface area contributed by atoms with Gasteiger partial charge in [-0.25, -0.2) is 10.2 Å². The Morgan fingerprint density at radius 1 is 1.32 bits per heavy atom. The number of hydrogen-bond donors (Lipinski definition) is 2. The Labute approximate surface area is 115 Å². The number of rotatable bonds is 4. The number of nitrogens with one attached hydrogen (secondary N) is 2. The van der Waals surface area contributed by atoms with Crippen LogP contribution in [0.1, 0.15) is 13.3 Å². The lowest BCUT2D eigenvalue weighted by Gasteiger charge is -2.05. The Balaban J connectivity index is 2.46. The number of amides is 2. The van der Waals surface area contributed by atoms with Crippen molar-refractivity contribution in [2.24, 2.45) is 5.10 Å². The normalized spacial score (nSPS) is 10.8. The molecular weight excluding hydrogens is 270 g/mol. The van der Waals surface area contributed by atoms with Gasteiger partial charge in [-0.05, 0) is 31.2 Å². The summed E-state index contributed by atoms with van der Waals surface area (Å²) in [5, 5.41) is 6.98. The van der Waals surface area contributed by atoms with E-state index in [4.69, 9.17) is 11.6 Å². The smallest absolute Gasteiger partial charge is 0.427 e. The largest absolute Gasteiger partial charge is 0.452 e. The second-order valence-corrected chi connectivity index (χ2v) is 4.12. The molecule has 0 aliphatic carbocycles. The summed E-state index contributed by atoms with van der Waals surface area (Å²) in [6.45, 7) is 1.62. The molecule has 6 nitrogen and oxygen atoms in total. The van der Waals surface area contributed by atoms with Crippen molar-refractivity contribution < 1.29 is 14.3 Å². The lowest BCUT2D eigenvalue weighted by Crippen LogP contribution is -2.21. The van der Waals surface area contributed by atoms with Crippen molar-refractivity contribution in [2.75, 3.05) is 12.4 Å². The third-order valence-corrected chi connectivity index (χ3v) is 2.32. The number of hydrazone groups is 1. The number of carbonyl (C=O) groups excluding carboxylic acids is 2. The molecule has 7 heteroatoms. The Bertz CT molecular complexity index is 485. The summed E-state index contributed by atoms with van der Waals surface area (Å²) in [5.74, 6) is -0.241. The lowest BCUT2D eigenvalue weighted by molar-refractivity contribution is -0.115. The number of halogens is 1. The zero-order chi connectivity index (χ0) is 14.3. The number of nitrogens with zero attached hydrogens (tertiary/aromatic N) is 1. The number of hydrogen-bond acceptors (Lipinski definition) is 4. The highest BCUT2D eigenvalue weighted by atomic mass is 35.5. The maximum Gasteiger partial charge on any atom is 0.427 e. The number of benzene rings is 1. The zero-order valence-electron chi connectivity index (χ0n) is 10.6. The molecule has 0 atom stereocenters. The van der Waals surface area contributed by atoms with Crippen LogP contribution in [-0.4, -0.2) is 24.8 Å². The summed E-state index contributed by atoms with van der Waals surface area (Å²) >= 11 is 5.73. The highest BCUT2D eigenvalue weighted by molar-refractivity contribution is 6.30. The molecule has 0 fully saturated rings. The Kier molecular flexibility index (Phi) is 5.81. The van der Waals surface area contributed by atoms with Gasteiger partial charge in [0, 0.05) is 16.4 Å². The number of anilines is 1. The minimum atomic E-state index is -0.683. The Morgan fingerprint density at radius 2 is 1.95 bits per heavy atom. The van der Waals surface area contributed by atoms with Gasteiger partial charge in [0.1, 0.15) is 0 Å².